The van der Waals surface area contributed by atoms with Gasteiger partial charge in [0.2, 0.25) is 17.8 Å². The van der Waals surface area contributed by atoms with E-state index in [1.165, 1.54) is 0 Å². The summed E-state index contributed by atoms with van der Waals surface area (Å²) in [5.41, 5.74) is 2.39. The number of piperidine rings is 1. The molecule has 0 bridgehead atoms. The van der Waals surface area contributed by atoms with Crippen LogP contribution in [0, 0.1) is 0 Å². The highest BCUT2D eigenvalue weighted by Gasteiger charge is 2.26. The number of hydrogen-bond donors (Lipinski definition) is 4. The van der Waals surface area contributed by atoms with Gasteiger partial charge in [0, 0.05) is 26.7 Å². The van der Waals surface area contributed by atoms with Gasteiger partial charge in [-0.1, -0.05) is 0 Å². The Kier molecular flexibility index (Phi) is 6.09. The van der Waals surface area contributed by atoms with Gasteiger partial charge in [0.05, 0.1) is 0 Å². The molecule has 1 atom stereocenters. The van der Waals surface area contributed by atoms with Crippen LogP contribution in [0.4, 0.5) is 0 Å². The van der Waals surface area contributed by atoms with Crippen LogP contribution in [0.2, 0.25) is 0 Å². The molecule has 0 spiro atoms. The Morgan fingerprint density at radius 1 is 1.61 bits per heavy atom. The second kappa shape index (κ2) is 7.62. The number of amides is 2. The molecule has 0 aromatic heterocycles. The van der Waals surface area contributed by atoms with E-state index in [1.54, 1.807) is 7.11 Å². The van der Waals surface area contributed by atoms with E-state index in [9.17, 15) is 9.59 Å². The first-order chi connectivity index (χ1) is 8.67. The molecule has 8 nitrogen and oxygen atoms in total. The summed E-state index contributed by atoms with van der Waals surface area (Å²) in [6, 6.07) is -0.486. The van der Waals surface area contributed by atoms with Crippen molar-refractivity contribution in [2.75, 3.05) is 20.3 Å². The van der Waals surface area contributed by atoms with Crippen molar-refractivity contribution in [3.8, 4) is 0 Å². The summed E-state index contributed by atoms with van der Waals surface area (Å²) >= 11 is 0. The Bertz CT molecular complexity index is 331. The summed E-state index contributed by atoms with van der Waals surface area (Å²) in [7, 11) is 1.62. The van der Waals surface area contributed by atoms with Crippen molar-refractivity contribution in [2.24, 2.45) is 10.8 Å². The van der Waals surface area contributed by atoms with Crippen LogP contribution in [0.3, 0.4) is 0 Å². The molecule has 102 valence electrons. The number of rotatable bonds is 5. The van der Waals surface area contributed by atoms with E-state index >= 15 is 0 Å². The first-order valence-electron chi connectivity index (χ1n) is 5.77. The van der Waals surface area contributed by atoms with Gasteiger partial charge in [-0.2, -0.15) is 0 Å². The molecule has 0 aromatic carbocycles. The topological polar surface area (TPSA) is 118 Å². The van der Waals surface area contributed by atoms with E-state index in [0.717, 1.165) is 6.42 Å². The van der Waals surface area contributed by atoms with Crippen LogP contribution in [0.5, 0.6) is 0 Å². The van der Waals surface area contributed by atoms with Gasteiger partial charge in [-0.3, -0.25) is 25.3 Å². The lowest BCUT2D eigenvalue weighted by Gasteiger charge is -2.23. The van der Waals surface area contributed by atoms with Crippen LogP contribution in [0.25, 0.3) is 0 Å². The van der Waals surface area contributed by atoms with Crippen molar-refractivity contribution >= 4 is 17.8 Å². The Labute approximate surface area is 105 Å². The van der Waals surface area contributed by atoms with E-state index < -0.39 is 6.04 Å². The predicted octanol–water partition coefficient (Wildman–Crippen LogP) is -1.76. The van der Waals surface area contributed by atoms with Crippen LogP contribution in [-0.2, 0) is 14.3 Å². The minimum Gasteiger partial charge on any atom is -0.385 e. The molecule has 1 heterocycles. The van der Waals surface area contributed by atoms with Crippen molar-refractivity contribution < 1.29 is 14.3 Å². The summed E-state index contributed by atoms with van der Waals surface area (Å²) in [4.78, 5) is 26.6. The lowest BCUT2D eigenvalue weighted by molar-refractivity contribution is -0.134. The van der Waals surface area contributed by atoms with Crippen molar-refractivity contribution in [2.45, 2.75) is 25.3 Å². The number of hydrogen-bond acceptors (Lipinski definition) is 5. The van der Waals surface area contributed by atoms with Crippen LogP contribution in [-0.4, -0.2) is 44.1 Å². The van der Waals surface area contributed by atoms with Gasteiger partial charge in [-0.15, -0.1) is 0 Å². The molecule has 0 saturated carbocycles. The van der Waals surface area contributed by atoms with Crippen molar-refractivity contribution in [1.29, 1.82) is 0 Å². The SMILES string of the molecule is COCCCN=C(NN)NC1CCC(=O)NC1=O. The number of nitrogens with one attached hydrogen (secondary N) is 3. The zero-order valence-electron chi connectivity index (χ0n) is 10.4. The summed E-state index contributed by atoms with van der Waals surface area (Å²) in [5, 5.41) is 5.11. The van der Waals surface area contributed by atoms with Crippen LogP contribution < -0.4 is 21.9 Å². The maximum absolute atomic E-state index is 11.5. The molecule has 0 aliphatic carbocycles. The highest BCUT2D eigenvalue weighted by atomic mass is 16.5. The number of imide groups is 1. The zero-order valence-corrected chi connectivity index (χ0v) is 10.4. The highest BCUT2D eigenvalue weighted by molar-refractivity contribution is 6.01. The molecule has 2 amide bonds. The van der Waals surface area contributed by atoms with Crippen LogP contribution in [0.1, 0.15) is 19.3 Å². The fraction of sp³-hybridized carbons (Fsp3) is 0.700. The van der Waals surface area contributed by atoms with Crippen LogP contribution >= 0.6 is 0 Å². The van der Waals surface area contributed by atoms with E-state index in [4.69, 9.17) is 10.6 Å². The smallest absolute Gasteiger partial charge is 0.249 e. The highest BCUT2D eigenvalue weighted by Crippen LogP contribution is 2.03. The fourth-order valence-corrected chi connectivity index (χ4v) is 1.53. The Hall–Kier alpha value is -1.67. The number of nitrogens with zero attached hydrogens (tertiary/aromatic N) is 1. The van der Waals surface area contributed by atoms with E-state index in [1.807, 2.05) is 0 Å². The second-order valence-electron chi connectivity index (χ2n) is 3.87. The molecule has 18 heavy (non-hydrogen) atoms. The molecule has 0 radical (unpaired) electrons. The van der Waals surface area contributed by atoms with Crippen molar-refractivity contribution in [3.63, 3.8) is 0 Å². The average molecular weight is 257 g/mol. The minimum atomic E-state index is -0.486. The van der Waals surface area contributed by atoms with Gasteiger partial charge in [-0.25, -0.2) is 5.84 Å². The number of methoxy groups -OCH3 is 1. The molecule has 1 fully saturated rings. The van der Waals surface area contributed by atoms with Gasteiger partial charge in [0.25, 0.3) is 0 Å². The first-order valence-corrected chi connectivity index (χ1v) is 5.77. The Morgan fingerprint density at radius 3 is 3.00 bits per heavy atom. The first kappa shape index (κ1) is 14.4. The quantitative estimate of drug-likeness (QED) is 0.116. The molecular weight excluding hydrogens is 238 g/mol. The largest absolute Gasteiger partial charge is 0.385 e. The number of carbonyl (C=O) groups excluding carboxylic acids is 2. The molecule has 1 aliphatic heterocycles. The lowest BCUT2D eigenvalue weighted by atomic mass is 10.1. The van der Waals surface area contributed by atoms with Gasteiger partial charge >= 0.3 is 0 Å². The van der Waals surface area contributed by atoms with Crippen molar-refractivity contribution in [3.05, 3.63) is 0 Å². The summed E-state index contributed by atoms with van der Waals surface area (Å²) in [5.74, 6) is 5.03. The van der Waals surface area contributed by atoms with Gasteiger partial charge in [0.15, 0.2) is 0 Å². The van der Waals surface area contributed by atoms with E-state index in [2.05, 4.69) is 21.1 Å². The molecular formula is C10H19N5O3. The Balaban J connectivity index is 2.42. The minimum absolute atomic E-state index is 0.252. The molecule has 5 N–H and O–H groups in total. The normalized spacial score (nSPS) is 20.6. The molecule has 8 heteroatoms. The number of guanidine groups is 1. The monoisotopic (exact) mass is 257 g/mol. The molecule has 1 saturated heterocycles. The number of aliphatic imine (C=N–C) groups is 1. The second-order valence-corrected chi connectivity index (χ2v) is 3.87. The standard InChI is InChI=1S/C10H19N5O3/c1-18-6-2-5-12-10(15-11)13-7-3-4-8(16)14-9(7)17/h7H,2-6,11H2,1H3,(H2,12,13,15)(H,14,16,17). The molecule has 0 aromatic rings. The lowest BCUT2D eigenvalue weighted by Crippen LogP contribution is -2.55. The summed E-state index contributed by atoms with van der Waals surface area (Å²) in [6.07, 6.45) is 1.51. The number of hydrazine groups is 1. The summed E-state index contributed by atoms with van der Waals surface area (Å²) < 4.78 is 4.89. The van der Waals surface area contributed by atoms with Gasteiger partial charge in [0.1, 0.15) is 6.04 Å². The van der Waals surface area contributed by atoms with E-state index in [-0.39, 0.29) is 11.8 Å². The Morgan fingerprint density at radius 2 is 2.39 bits per heavy atom. The third kappa shape index (κ3) is 4.68. The third-order valence-corrected chi connectivity index (χ3v) is 2.46. The molecule has 1 unspecified atom stereocenters. The zero-order chi connectivity index (χ0) is 13.4. The maximum Gasteiger partial charge on any atom is 0.249 e. The van der Waals surface area contributed by atoms with Crippen LogP contribution in [0.15, 0.2) is 4.99 Å². The van der Waals surface area contributed by atoms with Gasteiger partial charge in [-0.05, 0) is 12.8 Å². The number of carbonyl (C=O) groups is 2. The third-order valence-electron chi connectivity index (χ3n) is 2.46. The number of nitrogens with two attached hydrogens (primary N) is 1. The van der Waals surface area contributed by atoms with Crippen molar-refractivity contribution in [1.82, 2.24) is 16.1 Å². The number of ether oxygens (including phenoxy) is 1. The maximum atomic E-state index is 11.5. The molecule has 1 aliphatic rings. The average Bonchev–Trinajstić information content (AvgIpc) is 2.35. The molecule has 1 rings (SSSR count). The van der Waals surface area contributed by atoms with Gasteiger partial charge < -0.3 is 10.1 Å². The predicted molar refractivity (Wildman–Crippen MR) is 65.4 cm³/mol. The van der Waals surface area contributed by atoms with E-state index in [0.29, 0.717) is 32.0 Å². The summed E-state index contributed by atoms with van der Waals surface area (Å²) in [6.45, 7) is 1.15. The fourth-order valence-electron chi connectivity index (χ4n) is 1.53.